The third-order valence-corrected chi connectivity index (χ3v) is 3.85. The van der Waals surface area contributed by atoms with Crippen molar-refractivity contribution in [1.82, 2.24) is 5.32 Å². The Bertz CT molecular complexity index is 689. The topological polar surface area (TPSA) is 95.9 Å². The molecule has 1 unspecified atom stereocenters. The number of aliphatic carboxylic acids is 2. The molecule has 0 aromatic heterocycles. The summed E-state index contributed by atoms with van der Waals surface area (Å²) in [6.07, 6.45) is 3.45. The minimum atomic E-state index is -1.82. The first-order valence-electron chi connectivity index (χ1n) is 8.75. The third-order valence-electron chi connectivity index (χ3n) is 3.85. The summed E-state index contributed by atoms with van der Waals surface area (Å²) in [6, 6.07) is 15.3. The summed E-state index contributed by atoms with van der Waals surface area (Å²) in [6.45, 7) is 6.31. The molecule has 2 rings (SSSR count). The van der Waals surface area contributed by atoms with Crippen molar-refractivity contribution >= 4 is 22.7 Å². The van der Waals surface area contributed by atoms with Crippen molar-refractivity contribution in [1.29, 1.82) is 0 Å². The Hall–Kier alpha value is -2.60. The molecule has 0 saturated carbocycles. The van der Waals surface area contributed by atoms with Crippen molar-refractivity contribution in [3.8, 4) is 5.75 Å². The Morgan fingerprint density at radius 2 is 1.69 bits per heavy atom. The van der Waals surface area contributed by atoms with E-state index in [1.807, 2.05) is 0 Å². The van der Waals surface area contributed by atoms with Crippen LogP contribution in [0.4, 0.5) is 0 Å². The number of carboxylic acid groups (broad SMARTS) is 2. The Kier molecular flexibility index (Phi) is 9.79. The van der Waals surface area contributed by atoms with Gasteiger partial charge < -0.3 is 20.3 Å². The molecular formula is C20H27NO5. The predicted octanol–water partition coefficient (Wildman–Crippen LogP) is 3.54. The molecule has 0 aliphatic heterocycles. The van der Waals surface area contributed by atoms with Gasteiger partial charge in [0.2, 0.25) is 0 Å². The molecule has 0 aliphatic rings. The van der Waals surface area contributed by atoms with E-state index in [-0.39, 0.29) is 0 Å². The van der Waals surface area contributed by atoms with Crippen molar-refractivity contribution in [3.05, 3.63) is 42.5 Å². The second-order valence-electron chi connectivity index (χ2n) is 5.94. The van der Waals surface area contributed by atoms with Gasteiger partial charge in [-0.3, -0.25) is 0 Å². The van der Waals surface area contributed by atoms with Crippen molar-refractivity contribution in [2.24, 2.45) is 0 Å². The fourth-order valence-electron chi connectivity index (χ4n) is 2.17. The van der Waals surface area contributed by atoms with Crippen molar-refractivity contribution in [3.63, 3.8) is 0 Å². The lowest BCUT2D eigenvalue weighted by Crippen LogP contribution is -2.26. The van der Waals surface area contributed by atoms with E-state index in [2.05, 4.69) is 61.6 Å². The summed E-state index contributed by atoms with van der Waals surface area (Å²) in [5.41, 5.74) is 0. The number of hydrogen-bond acceptors (Lipinski definition) is 4. The Morgan fingerprint density at radius 3 is 2.31 bits per heavy atom. The number of ether oxygens (including phenoxy) is 1. The lowest BCUT2D eigenvalue weighted by molar-refractivity contribution is -0.159. The molecule has 2 aromatic rings. The molecule has 0 spiro atoms. The molecule has 0 bridgehead atoms. The van der Waals surface area contributed by atoms with Gasteiger partial charge >= 0.3 is 11.9 Å². The van der Waals surface area contributed by atoms with E-state index in [1.165, 1.54) is 17.2 Å². The van der Waals surface area contributed by atoms with Crippen LogP contribution in [0.25, 0.3) is 10.8 Å². The Morgan fingerprint density at radius 1 is 1.04 bits per heavy atom. The summed E-state index contributed by atoms with van der Waals surface area (Å²) in [5.74, 6) is -2.68. The van der Waals surface area contributed by atoms with E-state index in [0.29, 0.717) is 6.04 Å². The largest absolute Gasteiger partial charge is 0.494 e. The minimum Gasteiger partial charge on any atom is -0.494 e. The first kappa shape index (κ1) is 21.4. The van der Waals surface area contributed by atoms with Gasteiger partial charge in [-0.25, -0.2) is 9.59 Å². The van der Waals surface area contributed by atoms with Gasteiger partial charge in [0.1, 0.15) is 5.75 Å². The maximum Gasteiger partial charge on any atom is 0.414 e. The number of rotatable bonds is 8. The standard InChI is InChI=1S/C18H25NO.C2H2O4/c1-3-15(2)19-12-6-7-13-20-18-11-10-16-8-4-5-9-17(16)14-18;3-1(4)2(5)6/h4-5,8-11,14-15,19H,3,6-7,12-13H2,1-2H3;(H,3,4)(H,5,6). The second-order valence-corrected chi connectivity index (χ2v) is 5.94. The summed E-state index contributed by atoms with van der Waals surface area (Å²) >= 11 is 0. The van der Waals surface area contributed by atoms with E-state index in [0.717, 1.165) is 31.7 Å². The van der Waals surface area contributed by atoms with Crippen LogP contribution in [0, 0.1) is 0 Å². The molecule has 0 heterocycles. The van der Waals surface area contributed by atoms with E-state index in [4.69, 9.17) is 24.5 Å². The molecule has 142 valence electrons. The van der Waals surface area contributed by atoms with Gasteiger partial charge in [0.25, 0.3) is 0 Å². The molecule has 1 atom stereocenters. The molecule has 26 heavy (non-hydrogen) atoms. The summed E-state index contributed by atoms with van der Waals surface area (Å²) in [7, 11) is 0. The average molecular weight is 361 g/mol. The highest BCUT2D eigenvalue weighted by atomic mass is 16.5. The molecule has 0 aliphatic carbocycles. The van der Waals surface area contributed by atoms with Crippen LogP contribution in [0.5, 0.6) is 5.75 Å². The van der Waals surface area contributed by atoms with Crippen molar-refractivity contribution in [2.75, 3.05) is 13.2 Å². The van der Waals surface area contributed by atoms with Crippen LogP contribution in [0.15, 0.2) is 42.5 Å². The quantitative estimate of drug-likeness (QED) is 0.492. The highest BCUT2D eigenvalue weighted by molar-refractivity contribution is 6.27. The monoisotopic (exact) mass is 361 g/mol. The average Bonchev–Trinajstić information content (AvgIpc) is 2.64. The molecule has 2 aromatic carbocycles. The number of carboxylic acids is 2. The number of unbranched alkanes of at least 4 members (excludes halogenated alkanes) is 1. The fraction of sp³-hybridized carbons (Fsp3) is 0.400. The van der Waals surface area contributed by atoms with E-state index in [9.17, 15) is 0 Å². The van der Waals surface area contributed by atoms with Crippen LogP contribution in [0.1, 0.15) is 33.1 Å². The van der Waals surface area contributed by atoms with Crippen LogP contribution in [-0.4, -0.2) is 41.3 Å². The lowest BCUT2D eigenvalue weighted by atomic mass is 10.1. The smallest absolute Gasteiger partial charge is 0.414 e. The van der Waals surface area contributed by atoms with Gasteiger partial charge in [0, 0.05) is 6.04 Å². The highest BCUT2D eigenvalue weighted by Crippen LogP contribution is 2.20. The molecule has 0 radical (unpaired) electrons. The summed E-state index contributed by atoms with van der Waals surface area (Å²) in [5, 5.41) is 20.8. The SMILES string of the molecule is CCC(C)NCCCCOc1ccc2ccccc2c1.O=C(O)C(=O)O. The van der Waals surface area contributed by atoms with Crippen LogP contribution in [0.3, 0.4) is 0 Å². The normalized spacial score (nSPS) is 11.3. The zero-order valence-electron chi connectivity index (χ0n) is 15.3. The number of nitrogens with one attached hydrogen (secondary N) is 1. The molecular weight excluding hydrogens is 334 g/mol. The molecule has 3 N–H and O–H groups in total. The fourth-order valence-corrected chi connectivity index (χ4v) is 2.17. The number of benzene rings is 2. The molecule has 6 nitrogen and oxygen atoms in total. The predicted molar refractivity (Wildman–Crippen MR) is 102 cm³/mol. The van der Waals surface area contributed by atoms with E-state index >= 15 is 0 Å². The highest BCUT2D eigenvalue weighted by Gasteiger charge is 2.04. The van der Waals surface area contributed by atoms with Gasteiger partial charge in [0.05, 0.1) is 6.61 Å². The van der Waals surface area contributed by atoms with Gasteiger partial charge in [-0.2, -0.15) is 0 Å². The summed E-state index contributed by atoms with van der Waals surface area (Å²) in [4.78, 5) is 18.2. The third kappa shape index (κ3) is 8.48. The van der Waals surface area contributed by atoms with Gasteiger partial charge in [-0.1, -0.05) is 37.3 Å². The molecule has 0 amide bonds. The van der Waals surface area contributed by atoms with Gasteiger partial charge in [-0.15, -0.1) is 0 Å². The molecule has 0 fully saturated rings. The molecule has 0 saturated heterocycles. The zero-order valence-corrected chi connectivity index (χ0v) is 15.3. The number of fused-ring (bicyclic) bond motifs is 1. The van der Waals surface area contributed by atoms with E-state index < -0.39 is 11.9 Å². The Labute approximate surface area is 153 Å². The van der Waals surface area contributed by atoms with Crippen LogP contribution >= 0.6 is 0 Å². The lowest BCUT2D eigenvalue weighted by Gasteiger charge is -2.11. The molecule has 6 heteroatoms. The second kappa shape index (κ2) is 11.9. The minimum absolute atomic E-state index is 0.622. The maximum atomic E-state index is 9.10. The first-order chi connectivity index (χ1) is 12.4. The van der Waals surface area contributed by atoms with Crippen LogP contribution < -0.4 is 10.1 Å². The van der Waals surface area contributed by atoms with Crippen molar-refractivity contribution < 1.29 is 24.5 Å². The maximum absolute atomic E-state index is 9.10. The summed E-state index contributed by atoms with van der Waals surface area (Å²) < 4.78 is 5.82. The number of carbonyl (C=O) groups is 2. The van der Waals surface area contributed by atoms with Crippen LogP contribution in [0.2, 0.25) is 0 Å². The Balaban J connectivity index is 0.000000487. The number of hydrogen-bond donors (Lipinski definition) is 3. The van der Waals surface area contributed by atoms with E-state index in [1.54, 1.807) is 0 Å². The van der Waals surface area contributed by atoms with Gasteiger partial charge in [0.15, 0.2) is 0 Å². The van der Waals surface area contributed by atoms with Crippen molar-refractivity contribution in [2.45, 2.75) is 39.2 Å². The first-order valence-corrected chi connectivity index (χ1v) is 8.75. The van der Waals surface area contributed by atoms with Crippen LogP contribution in [-0.2, 0) is 9.59 Å². The zero-order chi connectivity index (χ0) is 19.4. The van der Waals surface area contributed by atoms with Gasteiger partial charge in [-0.05, 0) is 55.6 Å².